The first kappa shape index (κ1) is 21.0. The normalized spacial score (nSPS) is 14.7. The molecule has 0 aliphatic carbocycles. The third kappa shape index (κ3) is 4.50. The van der Waals surface area contributed by atoms with Gasteiger partial charge in [0, 0.05) is 51.2 Å². The van der Waals surface area contributed by atoms with Crippen LogP contribution >= 0.6 is 24.0 Å². The molecule has 0 spiro atoms. The maximum atomic E-state index is 12.6. The molecule has 0 bridgehead atoms. The zero-order valence-corrected chi connectivity index (χ0v) is 18.6. The zero-order valence-electron chi connectivity index (χ0n) is 16.2. The number of piperazine rings is 1. The van der Waals surface area contributed by atoms with Crippen LogP contribution < -0.4 is 16.2 Å². The van der Waals surface area contributed by atoms with Crippen molar-refractivity contribution in [2.45, 2.75) is 6.54 Å². The van der Waals surface area contributed by atoms with Gasteiger partial charge in [-0.25, -0.2) is 15.0 Å². The molecule has 8 nitrogen and oxygen atoms in total. The molecule has 3 heterocycles. The molecule has 1 saturated heterocycles. The molecule has 0 unspecified atom stereocenters. The Morgan fingerprint density at radius 1 is 1.10 bits per heavy atom. The van der Waals surface area contributed by atoms with E-state index in [0.29, 0.717) is 11.5 Å². The van der Waals surface area contributed by atoms with Gasteiger partial charge >= 0.3 is 0 Å². The van der Waals surface area contributed by atoms with E-state index in [0.717, 1.165) is 43.0 Å². The highest BCUT2D eigenvalue weighted by atomic mass is 127. The lowest BCUT2D eigenvalue weighted by Gasteiger charge is -2.35. The highest BCUT2D eigenvalue weighted by molar-refractivity contribution is 14.0. The summed E-state index contributed by atoms with van der Waals surface area (Å²) in [5, 5.41) is 1.02. The van der Waals surface area contributed by atoms with E-state index in [9.17, 15) is 4.79 Å². The zero-order chi connectivity index (χ0) is 19.5. The average molecular weight is 505 g/mol. The van der Waals surface area contributed by atoms with Crippen LogP contribution in [0.15, 0.2) is 58.6 Å². The first-order valence-corrected chi connectivity index (χ1v) is 9.28. The Hall–Kier alpha value is -2.69. The molecule has 152 valence electrons. The number of hydrogen-bond donors (Lipinski definition) is 1. The number of rotatable bonds is 3. The third-order valence-corrected chi connectivity index (χ3v) is 5.06. The second-order valence-corrected chi connectivity index (χ2v) is 6.79. The van der Waals surface area contributed by atoms with Crippen molar-refractivity contribution in [3.05, 3.63) is 64.7 Å². The molecule has 4 rings (SSSR count). The summed E-state index contributed by atoms with van der Waals surface area (Å²) < 4.78 is 1.66. The number of halogens is 1. The first-order valence-electron chi connectivity index (χ1n) is 9.28. The highest BCUT2D eigenvalue weighted by Crippen LogP contribution is 2.13. The van der Waals surface area contributed by atoms with Crippen molar-refractivity contribution in [1.82, 2.24) is 19.4 Å². The van der Waals surface area contributed by atoms with Gasteiger partial charge in [0.05, 0.1) is 12.1 Å². The van der Waals surface area contributed by atoms with E-state index in [2.05, 4.69) is 19.9 Å². The predicted octanol–water partition coefficient (Wildman–Crippen LogP) is 1.58. The van der Waals surface area contributed by atoms with Crippen LogP contribution in [0.5, 0.6) is 0 Å². The van der Waals surface area contributed by atoms with Gasteiger partial charge in [0.25, 0.3) is 5.56 Å². The molecular weight excluding hydrogens is 481 g/mol. The van der Waals surface area contributed by atoms with E-state index in [1.165, 1.54) is 0 Å². The summed E-state index contributed by atoms with van der Waals surface area (Å²) in [6, 6.07) is 11.5. The monoisotopic (exact) mass is 505 g/mol. The molecule has 29 heavy (non-hydrogen) atoms. The summed E-state index contributed by atoms with van der Waals surface area (Å²) in [6.45, 7) is 3.30. The Morgan fingerprint density at radius 2 is 1.79 bits per heavy atom. The molecule has 1 aliphatic heterocycles. The third-order valence-electron chi connectivity index (χ3n) is 5.06. The van der Waals surface area contributed by atoms with Gasteiger partial charge in [0.2, 0.25) is 5.95 Å². The van der Waals surface area contributed by atoms with Crippen LogP contribution in [0.3, 0.4) is 0 Å². The first-order chi connectivity index (χ1) is 13.6. The Bertz CT molecular complexity index is 1060. The molecule has 2 N–H and O–H groups in total. The number of nitrogens with zero attached hydrogens (tertiary/aromatic N) is 6. The minimum absolute atomic E-state index is 0. The number of fused-ring (bicyclic) bond motifs is 1. The molecule has 2 aromatic heterocycles. The number of guanidine groups is 1. The number of anilines is 1. The van der Waals surface area contributed by atoms with Crippen molar-refractivity contribution in [2.75, 3.05) is 31.1 Å². The van der Waals surface area contributed by atoms with E-state index >= 15 is 0 Å². The van der Waals surface area contributed by atoms with Gasteiger partial charge in [0.15, 0.2) is 5.96 Å². The maximum absolute atomic E-state index is 12.6. The van der Waals surface area contributed by atoms with Gasteiger partial charge in [-0.3, -0.25) is 4.79 Å². The fraction of sp³-hybridized carbons (Fsp3) is 0.300. The van der Waals surface area contributed by atoms with Gasteiger partial charge in [0.1, 0.15) is 0 Å². The number of benzene rings is 1. The second kappa shape index (κ2) is 9.21. The summed E-state index contributed by atoms with van der Waals surface area (Å²) in [7, 11) is 1.78. The van der Waals surface area contributed by atoms with Gasteiger partial charge in [-0.1, -0.05) is 18.2 Å². The average Bonchev–Trinajstić information content (AvgIpc) is 2.76. The van der Waals surface area contributed by atoms with Crippen molar-refractivity contribution < 1.29 is 0 Å². The van der Waals surface area contributed by atoms with E-state index in [-0.39, 0.29) is 36.1 Å². The summed E-state index contributed by atoms with van der Waals surface area (Å²) >= 11 is 0. The minimum atomic E-state index is -0.0405. The lowest BCUT2D eigenvalue weighted by Crippen LogP contribution is -2.51. The molecule has 0 amide bonds. The fourth-order valence-corrected chi connectivity index (χ4v) is 3.46. The number of pyridine rings is 1. The van der Waals surface area contributed by atoms with Crippen LogP contribution in [0.2, 0.25) is 0 Å². The number of aromatic nitrogens is 3. The van der Waals surface area contributed by atoms with Crippen molar-refractivity contribution in [1.29, 1.82) is 0 Å². The Morgan fingerprint density at radius 3 is 2.52 bits per heavy atom. The van der Waals surface area contributed by atoms with Crippen LogP contribution in [-0.2, 0) is 13.6 Å². The molecule has 0 atom stereocenters. The van der Waals surface area contributed by atoms with Crippen molar-refractivity contribution in [3.63, 3.8) is 0 Å². The number of aryl methyl sites for hydroxylation is 1. The maximum Gasteiger partial charge on any atom is 0.255 e. The van der Waals surface area contributed by atoms with Gasteiger partial charge < -0.3 is 20.1 Å². The lowest BCUT2D eigenvalue weighted by atomic mass is 10.1. The number of hydrogen-bond acceptors (Lipinski definition) is 5. The van der Waals surface area contributed by atoms with Crippen LogP contribution in [0.25, 0.3) is 10.9 Å². The van der Waals surface area contributed by atoms with Gasteiger partial charge in [-0.2, -0.15) is 0 Å². The minimum Gasteiger partial charge on any atom is -0.370 e. The van der Waals surface area contributed by atoms with E-state index in [1.807, 2.05) is 41.3 Å². The summed E-state index contributed by atoms with van der Waals surface area (Å²) in [4.78, 5) is 29.8. The predicted molar refractivity (Wildman–Crippen MR) is 126 cm³/mol. The van der Waals surface area contributed by atoms with E-state index in [1.54, 1.807) is 24.0 Å². The van der Waals surface area contributed by atoms with Crippen LogP contribution in [0.4, 0.5) is 5.95 Å². The molecule has 1 aliphatic rings. The van der Waals surface area contributed by atoms with E-state index in [4.69, 9.17) is 5.73 Å². The standard InChI is InChI=1S/C20H23N7O.HI/c1-25-17-6-3-2-5-15(17)13-16(18(25)28)14-24-19(21)26-9-11-27(12-10-26)20-22-7-4-8-23-20;/h2-8,13H,9-12,14H2,1H3,(H2,21,24);1H. The number of nitrogens with two attached hydrogens (primary N) is 1. The topological polar surface area (TPSA) is 92.6 Å². The molecule has 9 heteroatoms. The molecular formula is C20H24IN7O. The second-order valence-electron chi connectivity index (χ2n) is 6.79. The Labute approximate surface area is 186 Å². The van der Waals surface area contributed by atoms with Gasteiger partial charge in [-0.05, 0) is 23.6 Å². The number of para-hydroxylation sites is 1. The molecule has 0 saturated carbocycles. The Kier molecular flexibility index (Phi) is 6.68. The van der Waals surface area contributed by atoms with Crippen molar-refractivity contribution in [3.8, 4) is 0 Å². The summed E-state index contributed by atoms with van der Waals surface area (Å²) in [5.41, 5.74) is 7.71. The molecule has 1 fully saturated rings. The molecule has 0 radical (unpaired) electrons. The van der Waals surface area contributed by atoms with Crippen LogP contribution in [-0.4, -0.2) is 51.6 Å². The number of aliphatic imine (C=N–C) groups is 1. The molecule has 3 aromatic rings. The van der Waals surface area contributed by atoms with Crippen LogP contribution in [0.1, 0.15) is 5.56 Å². The largest absolute Gasteiger partial charge is 0.370 e. The lowest BCUT2D eigenvalue weighted by molar-refractivity contribution is 0.378. The van der Waals surface area contributed by atoms with Crippen molar-refractivity contribution in [2.24, 2.45) is 17.8 Å². The molecule has 1 aromatic carbocycles. The quantitative estimate of drug-likeness (QED) is 0.330. The van der Waals surface area contributed by atoms with Crippen molar-refractivity contribution >= 4 is 46.8 Å². The SMILES string of the molecule is Cn1c(=O)c(CN=C(N)N2CCN(c3ncccn3)CC2)cc2ccccc21.I. The van der Waals surface area contributed by atoms with Crippen LogP contribution in [0, 0.1) is 0 Å². The highest BCUT2D eigenvalue weighted by Gasteiger charge is 2.20. The summed E-state index contributed by atoms with van der Waals surface area (Å²) in [5.74, 6) is 1.20. The van der Waals surface area contributed by atoms with E-state index < -0.39 is 0 Å². The van der Waals surface area contributed by atoms with Gasteiger partial charge in [-0.15, -0.1) is 24.0 Å². The smallest absolute Gasteiger partial charge is 0.255 e. The fourth-order valence-electron chi connectivity index (χ4n) is 3.46. The Balaban J connectivity index is 0.00000240. The summed E-state index contributed by atoms with van der Waals surface area (Å²) in [6.07, 6.45) is 3.49.